The molecule has 7 rings (SSSR count). The van der Waals surface area contributed by atoms with Gasteiger partial charge >= 0.3 is 0 Å². The number of halogens is 1. The Morgan fingerprint density at radius 2 is 1.93 bits per heavy atom. The second-order valence-electron chi connectivity index (χ2n) is 12.2. The molecule has 0 saturated carbocycles. The van der Waals surface area contributed by atoms with Crippen LogP contribution in [0, 0.1) is 11.7 Å². The molecule has 3 saturated heterocycles. The molecule has 0 unspecified atom stereocenters. The predicted octanol–water partition coefficient (Wildman–Crippen LogP) is 2.50. The highest BCUT2D eigenvalue weighted by atomic mass is 19.1. The van der Waals surface area contributed by atoms with Crippen LogP contribution in [-0.2, 0) is 32.2 Å². The molecule has 0 spiro atoms. The topological polar surface area (TPSA) is 114 Å². The van der Waals surface area contributed by atoms with Crippen LogP contribution in [0.1, 0.15) is 34.5 Å². The first-order valence-electron chi connectivity index (χ1n) is 15.4. The lowest BCUT2D eigenvalue weighted by Gasteiger charge is -2.29. The fourth-order valence-electron chi connectivity index (χ4n) is 6.94. The van der Waals surface area contributed by atoms with Gasteiger partial charge in [-0.25, -0.2) is 4.39 Å². The quantitative estimate of drug-likeness (QED) is 0.381. The van der Waals surface area contributed by atoms with Gasteiger partial charge < -0.3 is 24.0 Å². The van der Waals surface area contributed by atoms with Gasteiger partial charge in [0.05, 0.1) is 31.2 Å². The van der Waals surface area contributed by atoms with Gasteiger partial charge in [0, 0.05) is 75.9 Å². The molecule has 236 valence electrons. The minimum Gasteiger partial charge on any atom is -0.489 e. The fourth-order valence-corrected chi connectivity index (χ4v) is 6.94. The van der Waals surface area contributed by atoms with Crippen molar-refractivity contribution in [3.63, 3.8) is 0 Å². The van der Waals surface area contributed by atoms with E-state index < -0.39 is 11.9 Å². The van der Waals surface area contributed by atoms with Gasteiger partial charge in [-0.2, -0.15) is 0 Å². The number of hydrogen-bond donors (Lipinski definition) is 1. The second-order valence-corrected chi connectivity index (χ2v) is 12.2. The summed E-state index contributed by atoms with van der Waals surface area (Å²) >= 11 is 0. The number of morpholine rings is 1. The summed E-state index contributed by atoms with van der Waals surface area (Å²) in [4.78, 5) is 47.5. The highest BCUT2D eigenvalue weighted by Gasteiger charge is 2.40. The Kier molecular flexibility index (Phi) is 8.11. The molecule has 3 fully saturated rings. The average molecular weight is 618 g/mol. The number of benzene rings is 2. The smallest absolute Gasteiger partial charge is 0.255 e. The lowest BCUT2D eigenvalue weighted by Crippen LogP contribution is -2.52. The van der Waals surface area contributed by atoms with Crippen LogP contribution < -0.4 is 15.0 Å². The lowest BCUT2D eigenvalue weighted by atomic mass is 10.0. The molecule has 0 radical (unpaired) electrons. The lowest BCUT2D eigenvalue weighted by molar-refractivity contribution is -0.136. The Labute approximate surface area is 260 Å². The Hall–Kier alpha value is -4.13. The van der Waals surface area contributed by atoms with E-state index in [4.69, 9.17) is 14.2 Å². The maximum atomic E-state index is 15.4. The van der Waals surface area contributed by atoms with E-state index in [1.165, 1.54) is 4.90 Å². The average Bonchev–Trinajstić information content (AvgIpc) is 3.56. The number of hydrogen-bond acceptors (Lipinski definition) is 9. The van der Waals surface area contributed by atoms with E-state index in [2.05, 4.69) is 15.2 Å². The van der Waals surface area contributed by atoms with Crippen LogP contribution in [-0.4, -0.2) is 97.8 Å². The summed E-state index contributed by atoms with van der Waals surface area (Å²) in [5.41, 5.74) is 2.78. The standard InChI is InChI=1S/C33H36FN5O6/c1-43-19-22-15-37(17-23-12-20-2-5-27(31(34)26(20)14-35-23)38-8-10-44-11-9-38)18-29(22)45-24-3-4-25-21(13-24)16-39(33(25)42)28-6-7-30(40)36-32(28)41/h2-5,12-14,22,28-29H,6-11,15-19H2,1H3,(H,36,40,41)/t22-,28-,29+/m0/s1. The third-order valence-corrected chi connectivity index (χ3v) is 9.23. The first kappa shape index (κ1) is 29.6. The van der Waals surface area contributed by atoms with Crippen molar-refractivity contribution in [2.45, 2.75) is 38.1 Å². The minimum absolute atomic E-state index is 0.110. The van der Waals surface area contributed by atoms with Gasteiger partial charge in [0.25, 0.3) is 5.91 Å². The van der Waals surface area contributed by atoms with Crippen molar-refractivity contribution < 1.29 is 33.0 Å². The molecule has 2 aromatic carbocycles. The molecule has 3 atom stereocenters. The number of amides is 3. The van der Waals surface area contributed by atoms with Gasteiger partial charge in [0.1, 0.15) is 17.9 Å². The molecule has 1 aromatic heterocycles. The number of carbonyl (C=O) groups is 3. The van der Waals surface area contributed by atoms with Crippen molar-refractivity contribution in [1.29, 1.82) is 0 Å². The number of aromatic nitrogens is 1. The van der Waals surface area contributed by atoms with E-state index in [0.29, 0.717) is 74.8 Å². The molecule has 3 aromatic rings. The molecule has 45 heavy (non-hydrogen) atoms. The number of imide groups is 1. The zero-order valence-corrected chi connectivity index (χ0v) is 25.2. The Morgan fingerprint density at radius 3 is 2.73 bits per heavy atom. The van der Waals surface area contributed by atoms with Crippen molar-refractivity contribution >= 4 is 34.2 Å². The summed E-state index contributed by atoms with van der Waals surface area (Å²) in [6.45, 7) is 5.31. The van der Waals surface area contributed by atoms with Crippen LogP contribution in [0.15, 0.2) is 42.6 Å². The van der Waals surface area contributed by atoms with Crippen molar-refractivity contribution in [2.75, 3.05) is 58.0 Å². The maximum Gasteiger partial charge on any atom is 0.255 e. The first-order valence-corrected chi connectivity index (χ1v) is 15.4. The zero-order valence-electron chi connectivity index (χ0n) is 25.2. The monoisotopic (exact) mass is 617 g/mol. The van der Waals surface area contributed by atoms with Crippen LogP contribution in [0.2, 0.25) is 0 Å². The first-order chi connectivity index (χ1) is 21.9. The number of nitrogens with zero attached hydrogens (tertiary/aromatic N) is 4. The molecule has 5 heterocycles. The summed E-state index contributed by atoms with van der Waals surface area (Å²) in [6.07, 6.45) is 2.01. The Morgan fingerprint density at radius 1 is 1.09 bits per heavy atom. The fraction of sp³-hybridized carbons (Fsp3) is 0.455. The SMILES string of the molecule is COC[C@@H]1CN(Cc2cc3ccc(N4CCOCC4)c(F)c3cn2)C[C@H]1Oc1ccc2c(c1)CN([C@H]1CCC(=O)NC1=O)C2=O. The summed E-state index contributed by atoms with van der Waals surface area (Å²) in [5.74, 6) is -0.444. The molecule has 4 aliphatic heterocycles. The number of carbonyl (C=O) groups excluding carboxylic acids is 3. The van der Waals surface area contributed by atoms with Crippen LogP contribution in [0.5, 0.6) is 5.75 Å². The van der Waals surface area contributed by atoms with Crippen LogP contribution in [0.4, 0.5) is 10.1 Å². The number of anilines is 1. The van der Waals surface area contributed by atoms with Gasteiger partial charge in [-0.15, -0.1) is 0 Å². The summed E-state index contributed by atoms with van der Waals surface area (Å²) in [7, 11) is 1.68. The molecule has 3 amide bonds. The van der Waals surface area contributed by atoms with Crippen molar-refractivity contribution in [3.05, 3.63) is 65.2 Å². The molecule has 4 aliphatic rings. The normalized spacial score (nSPS) is 24.0. The molecule has 0 bridgehead atoms. The van der Waals surface area contributed by atoms with Gasteiger partial charge in [-0.3, -0.25) is 29.6 Å². The molecule has 0 aliphatic carbocycles. The number of pyridine rings is 1. The molecule has 1 N–H and O–H groups in total. The van der Waals surface area contributed by atoms with Gasteiger partial charge in [0.15, 0.2) is 5.82 Å². The number of rotatable bonds is 8. The highest BCUT2D eigenvalue weighted by molar-refractivity contribution is 6.05. The van der Waals surface area contributed by atoms with Crippen LogP contribution >= 0.6 is 0 Å². The van der Waals surface area contributed by atoms with Crippen LogP contribution in [0.25, 0.3) is 10.8 Å². The number of likely N-dealkylation sites (tertiary alicyclic amines) is 1. The van der Waals surface area contributed by atoms with E-state index in [1.54, 1.807) is 25.4 Å². The highest BCUT2D eigenvalue weighted by Crippen LogP contribution is 2.33. The number of ether oxygens (including phenoxy) is 3. The van der Waals surface area contributed by atoms with Crippen molar-refractivity contribution in [3.8, 4) is 5.75 Å². The van der Waals surface area contributed by atoms with E-state index in [-0.39, 0.29) is 42.6 Å². The van der Waals surface area contributed by atoms with Crippen molar-refractivity contribution in [1.82, 2.24) is 20.1 Å². The Bertz CT molecular complexity index is 1650. The van der Waals surface area contributed by atoms with E-state index in [0.717, 1.165) is 23.2 Å². The van der Waals surface area contributed by atoms with E-state index >= 15 is 4.39 Å². The number of methoxy groups -OCH3 is 1. The van der Waals surface area contributed by atoms with Gasteiger partial charge in [-0.1, -0.05) is 6.07 Å². The molecule has 12 heteroatoms. The molecular formula is C33H36FN5O6. The van der Waals surface area contributed by atoms with Gasteiger partial charge in [0.2, 0.25) is 11.8 Å². The second kappa shape index (κ2) is 12.3. The predicted molar refractivity (Wildman–Crippen MR) is 162 cm³/mol. The zero-order chi connectivity index (χ0) is 31.1. The van der Waals surface area contributed by atoms with E-state index in [9.17, 15) is 14.4 Å². The largest absolute Gasteiger partial charge is 0.489 e. The summed E-state index contributed by atoms with van der Waals surface area (Å²) in [5, 5.41) is 3.66. The minimum atomic E-state index is -0.659. The maximum absolute atomic E-state index is 15.4. The number of nitrogens with one attached hydrogen (secondary N) is 1. The van der Waals surface area contributed by atoms with E-state index in [1.807, 2.05) is 29.2 Å². The third kappa shape index (κ3) is 5.85. The number of piperidine rings is 1. The summed E-state index contributed by atoms with van der Waals surface area (Å²) < 4.78 is 32.8. The summed E-state index contributed by atoms with van der Waals surface area (Å²) in [6, 6.07) is 10.5. The van der Waals surface area contributed by atoms with Crippen LogP contribution in [0.3, 0.4) is 0 Å². The third-order valence-electron chi connectivity index (χ3n) is 9.23. The van der Waals surface area contributed by atoms with Crippen molar-refractivity contribution in [2.24, 2.45) is 5.92 Å². The molecular weight excluding hydrogens is 581 g/mol. The number of fused-ring (bicyclic) bond motifs is 2. The van der Waals surface area contributed by atoms with Gasteiger partial charge in [-0.05, 0) is 47.7 Å². The Balaban J connectivity index is 1.02. The molecule has 11 nitrogen and oxygen atoms in total.